The molecule has 0 aliphatic carbocycles. The molecular formula is C18H39BF3NP4. The minimum absolute atomic E-state index is 0.125. The molecule has 1 N–H and O–H groups in total. The Morgan fingerprint density at radius 2 is 1.52 bits per heavy atom. The lowest BCUT2D eigenvalue weighted by molar-refractivity contribution is 0.0674. The van der Waals surface area contributed by atoms with Gasteiger partial charge in [-0.2, -0.15) is 0 Å². The van der Waals surface area contributed by atoms with Gasteiger partial charge in [-0.3, -0.25) is 0 Å². The summed E-state index contributed by atoms with van der Waals surface area (Å²) in [5.74, 6) is -2.32. The molecule has 0 aromatic carbocycles. The van der Waals surface area contributed by atoms with Gasteiger partial charge in [-0.25, -0.2) is 13.2 Å². The fourth-order valence-electron chi connectivity index (χ4n) is 2.92. The van der Waals surface area contributed by atoms with E-state index in [0.29, 0.717) is 18.3 Å². The number of hydrogen-bond acceptors (Lipinski definition) is 1. The molecule has 27 heavy (non-hydrogen) atoms. The topological polar surface area (TPSA) is 12.0 Å². The highest BCUT2D eigenvalue weighted by atomic mass is 31.1. The van der Waals surface area contributed by atoms with E-state index in [0.717, 1.165) is 25.8 Å². The maximum Gasteiger partial charge on any atom is 0.212 e. The molecule has 0 bridgehead atoms. The molecule has 2 radical (unpaired) electrons. The lowest BCUT2D eigenvalue weighted by Crippen LogP contribution is -2.44. The summed E-state index contributed by atoms with van der Waals surface area (Å²) in [6.45, 7) is 11.0. The molecule has 0 saturated carbocycles. The molecule has 0 aliphatic heterocycles. The SMILES string of the molecule is [B]C(F)(F)C(P)(P)CC(C)C(C)CC(CC)CCNCC(F)(P)C(C)(C)P. The Balaban J connectivity index is 4.47. The summed E-state index contributed by atoms with van der Waals surface area (Å²) in [5.41, 5.74) is 0. The third-order valence-corrected chi connectivity index (χ3v) is 8.72. The van der Waals surface area contributed by atoms with Gasteiger partial charge in [0.15, 0.2) is 7.85 Å². The fourth-order valence-corrected chi connectivity index (χ4v) is 3.91. The van der Waals surface area contributed by atoms with E-state index in [9.17, 15) is 13.2 Å². The Bertz CT molecular complexity index is 439. The van der Waals surface area contributed by atoms with Crippen molar-refractivity contribution in [3.63, 3.8) is 0 Å². The van der Waals surface area contributed by atoms with Crippen LogP contribution in [0.4, 0.5) is 13.2 Å². The Labute approximate surface area is 175 Å². The van der Waals surface area contributed by atoms with Gasteiger partial charge < -0.3 is 5.32 Å². The highest BCUT2D eigenvalue weighted by Gasteiger charge is 2.43. The van der Waals surface area contributed by atoms with E-state index in [4.69, 9.17) is 7.85 Å². The molecule has 1 nitrogen and oxygen atoms in total. The maximum absolute atomic E-state index is 14.6. The Kier molecular flexibility index (Phi) is 11.9. The van der Waals surface area contributed by atoms with E-state index in [1.165, 1.54) is 0 Å². The molecule has 8 unspecified atom stereocenters. The molecule has 0 aromatic heterocycles. The number of alkyl halides is 3. The quantitative estimate of drug-likeness (QED) is 0.219. The van der Waals surface area contributed by atoms with E-state index >= 15 is 0 Å². The van der Waals surface area contributed by atoms with Crippen molar-refractivity contribution in [2.75, 3.05) is 13.1 Å². The first kappa shape index (κ1) is 28.5. The smallest absolute Gasteiger partial charge is 0.212 e. The Morgan fingerprint density at radius 1 is 1.00 bits per heavy atom. The monoisotopic (exact) mass is 461 g/mol. The van der Waals surface area contributed by atoms with E-state index in [1.807, 2.05) is 20.8 Å². The molecule has 160 valence electrons. The highest BCUT2D eigenvalue weighted by molar-refractivity contribution is 7.40. The molecule has 8 atom stereocenters. The number of nitrogens with one attached hydrogen (secondary N) is 1. The summed E-state index contributed by atoms with van der Waals surface area (Å²) in [6, 6.07) is 0. The first-order valence-electron chi connectivity index (χ1n) is 9.66. The van der Waals surface area contributed by atoms with Gasteiger partial charge >= 0.3 is 0 Å². The van der Waals surface area contributed by atoms with Crippen LogP contribution in [0.25, 0.3) is 0 Å². The van der Waals surface area contributed by atoms with Gasteiger partial charge in [0, 0.05) is 11.7 Å². The molecular weight excluding hydrogens is 422 g/mol. The largest absolute Gasteiger partial charge is 0.313 e. The molecule has 0 amide bonds. The molecule has 0 rings (SSSR count). The van der Waals surface area contributed by atoms with Crippen LogP contribution in [0, 0.1) is 17.8 Å². The van der Waals surface area contributed by atoms with Crippen molar-refractivity contribution >= 4 is 44.8 Å². The van der Waals surface area contributed by atoms with Gasteiger partial charge in [0.05, 0.1) is 4.90 Å². The Morgan fingerprint density at radius 3 is 1.93 bits per heavy atom. The minimum Gasteiger partial charge on any atom is -0.313 e. The van der Waals surface area contributed by atoms with Gasteiger partial charge in [0.1, 0.15) is 5.41 Å². The van der Waals surface area contributed by atoms with Gasteiger partial charge in [0.2, 0.25) is 5.82 Å². The van der Waals surface area contributed by atoms with Crippen LogP contribution in [-0.2, 0) is 0 Å². The van der Waals surface area contributed by atoms with Gasteiger partial charge in [-0.15, -0.1) is 27.7 Å². The van der Waals surface area contributed by atoms with Crippen molar-refractivity contribution in [2.24, 2.45) is 17.8 Å². The van der Waals surface area contributed by atoms with Crippen LogP contribution in [0.1, 0.15) is 60.3 Å². The summed E-state index contributed by atoms with van der Waals surface area (Å²) in [6.07, 6.45) is 3.26. The summed E-state index contributed by atoms with van der Waals surface area (Å²) >= 11 is 0. The van der Waals surface area contributed by atoms with Crippen molar-refractivity contribution in [3.8, 4) is 0 Å². The lowest BCUT2D eigenvalue weighted by Gasteiger charge is -2.36. The van der Waals surface area contributed by atoms with Crippen molar-refractivity contribution in [2.45, 2.75) is 81.6 Å². The Hall–Kier alpha value is 1.53. The second-order valence-electron chi connectivity index (χ2n) is 8.88. The molecule has 0 heterocycles. The number of rotatable bonds is 13. The predicted molar refractivity (Wildman–Crippen MR) is 129 cm³/mol. The van der Waals surface area contributed by atoms with E-state index in [2.05, 4.69) is 56.1 Å². The average molecular weight is 461 g/mol. The standard InChI is InChI=1S/C18H39BF3NP4/c1-6-14(7-8-23-11-16(20,25)15(4,5)24)9-12(2)13(3)10-17(26,27)18(19,21)22/h12-14,23H,6-11,24-27H2,1-5H3. The van der Waals surface area contributed by atoms with Crippen molar-refractivity contribution in [1.29, 1.82) is 0 Å². The third kappa shape index (κ3) is 9.92. The van der Waals surface area contributed by atoms with Crippen molar-refractivity contribution in [3.05, 3.63) is 0 Å². The van der Waals surface area contributed by atoms with Gasteiger partial charge in [-0.1, -0.05) is 50.3 Å². The van der Waals surface area contributed by atoms with Gasteiger partial charge in [0.25, 0.3) is 0 Å². The first-order valence-corrected chi connectivity index (χ1v) is 12.0. The normalized spacial score (nSPS) is 19.4. The minimum atomic E-state index is -3.24. The fraction of sp³-hybridized carbons (Fsp3) is 1.00. The van der Waals surface area contributed by atoms with Crippen LogP contribution in [-0.4, -0.2) is 42.2 Å². The third-order valence-electron chi connectivity index (χ3n) is 5.72. The summed E-state index contributed by atoms with van der Waals surface area (Å²) < 4.78 is 41.6. The van der Waals surface area contributed by atoms with Crippen LogP contribution < -0.4 is 5.32 Å². The molecule has 0 spiro atoms. The van der Waals surface area contributed by atoms with Crippen molar-refractivity contribution in [1.82, 2.24) is 5.32 Å². The molecule has 0 saturated heterocycles. The molecule has 9 heteroatoms. The molecule has 0 fully saturated rings. The molecule has 0 aromatic rings. The molecule has 0 aliphatic rings. The first-order chi connectivity index (χ1) is 11.9. The predicted octanol–water partition coefficient (Wildman–Crippen LogP) is 5.45. The zero-order valence-corrected chi connectivity index (χ0v) is 22.1. The summed E-state index contributed by atoms with van der Waals surface area (Å²) in [5, 5.41) is 1.33. The second-order valence-corrected chi connectivity index (χ2v) is 14.0. The lowest BCUT2D eigenvalue weighted by atomic mass is 9.80. The van der Waals surface area contributed by atoms with Crippen LogP contribution in [0.15, 0.2) is 0 Å². The van der Waals surface area contributed by atoms with Crippen LogP contribution in [0.2, 0.25) is 0 Å². The zero-order valence-electron chi connectivity index (χ0n) is 17.5. The number of hydrogen-bond donors (Lipinski definition) is 1. The summed E-state index contributed by atoms with van der Waals surface area (Å²) in [4.78, 5) is -1.38. The van der Waals surface area contributed by atoms with Crippen molar-refractivity contribution < 1.29 is 13.2 Å². The zero-order chi connectivity index (χ0) is 21.7. The van der Waals surface area contributed by atoms with E-state index in [-0.39, 0.29) is 12.5 Å². The van der Waals surface area contributed by atoms with Gasteiger partial charge in [-0.05, 0) is 43.6 Å². The van der Waals surface area contributed by atoms with Crippen LogP contribution in [0.5, 0.6) is 0 Å². The number of halogens is 3. The second kappa shape index (κ2) is 11.2. The maximum atomic E-state index is 14.6. The average Bonchev–Trinajstić information content (AvgIpc) is 2.47. The van der Waals surface area contributed by atoms with E-state index < -0.39 is 21.3 Å². The summed E-state index contributed by atoms with van der Waals surface area (Å²) in [7, 11) is 14.3. The van der Waals surface area contributed by atoms with Crippen LogP contribution >= 0.6 is 37.0 Å². The van der Waals surface area contributed by atoms with Crippen LogP contribution in [0.3, 0.4) is 0 Å². The van der Waals surface area contributed by atoms with E-state index in [1.54, 1.807) is 0 Å². The highest BCUT2D eigenvalue weighted by Crippen LogP contribution is 2.46.